The van der Waals surface area contributed by atoms with Gasteiger partial charge < -0.3 is 14.2 Å². The summed E-state index contributed by atoms with van der Waals surface area (Å²) in [7, 11) is 1.66. The molecule has 5 heteroatoms. The number of benzene rings is 1. The van der Waals surface area contributed by atoms with Gasteiger partial charge in [0.15, 0.2) is 0 Å². The molecule has 0 radical (unpaired) electrons. The number of nitrogens with zero attached hydrogens (tertiary/aromatic N) is 1. The Hall–Kier alpha value is -2.01. The van der Waals surface area contributed by atoms with E-state index in [2.05, 4.69) is 18.2 Å². The van der Waals surface area contributed by atoms with Gasteiger partial charge in [-0.3, -0.25) is 4.90 Å². The number of ether oxygens (including phenoxy) is 3. The third kappa shape index (κ3) is 4.39. The van der Waals surface area contributed by atoms with E-state index in [1.807, 2.05) is 37.8 Å². The predicted molar refractivity (Wildman–Crippen MR) is 101 cm³/mol. The fourth-order valence-corrected chi connectivity index (χ4v) is 3.65. The molecule has 1 amide bonds. The van der Waals surface area contributed by atoms with Crippen LogP contribution in [-0.2, 0) is 9.47 Å². The van der Waals surface area contributed by atoms with Crippen molar-refractivity contribution >= 4 is 11.7 Å². The Morgan fingerprint density at radius 1 is 1.15 bits per heavy atom. The summed E-state index contributed by atoms with van der Waals surface area (Å²) in [5.41, 5.74) is 2.05. The second kappa shape index (κ2) is 7.70. The number of methoxy groups -OCH3 is 1. The molecule has 2 bridgehead atoms. The molecule has 0 aliphatic carbocycles. The molecule has 2 heterocycles. The van der Waals surface area contributed by atoms with Crippen molar-refractivity contribution in [3.63, 3.8) is 0 Å². The molecule has 2 atom stereocenters. The van der Waals surface area contributed by atoms with Crippen LogP contribution in [0.25, 0.3) is 5.57 Å². The van der Waals surface area contributed by atoms with E-state index in [0.29, 0.717) is 13.2 Å². The zero-order valence-corrected chi connectivity index (χ0v) is 16.2. The van der Waals surface area contributed by atoms with Crippen LogP contribution < -0.4 is 4.74 Å². The second-order valence-corrected chi connectivity index (χ2v) is 7.95. The van der Waals surface area contributed by atoms with Gasteiger partial charge in [-0.05, 0) is 63.3 Å². The zero-order valence-electron chi connectivity index (χ0n) is 16.2. The third-order valence-electron chi connectivity index (χ3n) is 4.78. The molecule has 0 aromatic heterocycles. The van der Waals surface area contributed by atoms with Gasteiger partial charge in [0, 0.05) is 13.2 Å². The Kier molecular flexibility index (Phi) is 5.56. The Morgan fingerprint density at radius 3 is 2.50 bits per heavy atom. The number of hydrogen-bond acceptors (Lipinski definition) is 4. The molecule has 1 aromatic carbocycles. The molecule has 26 heavy (non-hydrogen) atoms. The molecule has 1 aromatic rings. The fourth-order valence-electron chi connectivity index (χ4n) is 3.65. The Morgan fingerprint density at radius 2 is 1.88 bits per heavy atom. The van der Waals surface area contributed by atoms with E-state index in [1.54, 1.807) is 7.11 Å². The van der Waals surface area contributed by atoms with Gasteiger partial charge >= 0.3 is 6.09 Å². The van der Waals surface area contributed by atoms with Crippen LogP contribution in [-0.4, -0.2) is 49.0 Å². The Labute approximate surface area is 155 Å². The maximum absolute atomic E-state index is 12.5. The third-order valence-corrected chi connectivity index (χ3v) is 4.78. The molecule has 2 aliphatic rings. The minimum absolute atomic E-state index is 0.135. The van der Waals surface area contributed by atoms with Crippen molar-refractivity contribution < 1.29 is 19.0 Å². The van der Waals surface area contributed by atoms with E-state index in [1.165, 1.54) is 11.1 Å². The molecule has 3 rings (SSSR count). The quantitative estimate of drug-likeness (QED) is 0.737. The van der Waals surface area contributed by atoms with Crippen LogP contribution in [0.3, 0.4) is 0 Å². The first-order valence-electron chi connectivity index (χ1n) is 9.31. The first-order valence-corrected chi connectivity index (χ1v) is 9.31. The molecular formula is C21H29NO4. The van der Waals surface area contributed by atoms with Crippen LogP contribution in [0.15, 0.2) is 30.3 Å². The Bertz CT molecular complexity index is 660. The minimum atomic E-state index is -0.459. The topological polar surface area (TPSA) is 48.0 Å². The van der Waals surface area contributed by atoms with Crippen LogP contribution in [0, 0.1) is 0 Å². The number of carbonyl (C=O) groups is 1. The maximum atomic E-state index is 12.5. The lowest BCUT2D eigenvalue weighted by molar-refractivity contribution is 0.0175. The van der Waals surface area contributed by atoms with Crippen LogP contribution >= 0.6 is 0 Å². The molecule has 2 unspecified atom stereocenters. The predicted octanol–water partition coefficient (Wildman–Crippen LogP) is 4.27. The molecule has 142 valence electrons. The SMILES string of the molecule is COCCOc1ccc(C2=CC3CCC(C2)N3C(=O)OC(C)(C)C)cc1. The molecule has 0 saturated carbocycles. The first kappa shape index (κ1) is 18.8. The lowest BCUT2D eigenvalue weighted by atomic mass is 9.95. The summed E-state index contributed by atoms with van der Waals surface area (Å²) in [6.07, 6.45) is 4.95. The van der Waals surface area contributed by atoms with Crippen molar-refractivity contribution in [3.05, 3.63) is 35.9 Å². The van der Waals surface area contributed by atoms with Gasteiger partial charge in [0.25, 0.3) is 0 Å². The molecule has 2 aliphatic heterocycles. The summed E-state index contributed by atoms with van der Waals surface area (Å²) in [4.78, 5) is 14.5. The molecule has 0 spiro atoms. The number of rotatable bonds is 5. The maximum Gasteiger partial charge on any atom is 0.411 e. The van der Waals surface area contributed by atoms with Gasteiger partial charge in [-0.2, -0.15) is 0 Å². The van der Waals surface area contributed by atoms with Crippen LogP contribution in [0.4, 0.5) is 4.79 Å². The Balaban J connectivity index is 1.68. The number of hydrogen-bond donors (Lipinski definition) is 0. The summed E-state index contributed by atoms with van der Waals surface area (Å²) < 4.78 is 16.2. The zero-order chi connectivity index (χ0) is 18.7. The van der Waals surface area contributed by atoms with Gasteiger partial charge in [0.1, 0.15) is 18.0 Å². The smallest absolute Gasteiger partial charge is 0.411 e. The summed E-state index contributed by atoms with van der Waals surface area (Å²) in [6.45, 7) is 6.86. The molecule has 0 N–H and O–H groups in total. The van der Waals surface area contributed by atoms with Gasteiger partial charge in [0.05, 0.1) is 12.6 Å². The van der Waals surface area contributed by atoms with Crippen molar-refractivity contribution in [2.24, 2.45) is 0 Å². The summed E-state index contributed by atoms with van der Waals surface area (Å²) >= 11 is 0. The van der Waals surface area contributed by atoms with Crippen molar-refractivity contribution in [1.82, 2.24) is 4.90 Å². The average molecular weight is 359 g/mol. The normalized spacial score (nSPS) is 22.2. The molecule has 1 saturated heterocycles. The molecular weight excluding hydrogens is 330 g/mol. The van der Waals surface area contributed by atoms with Gasteiger partial charge in [-0.25, -0.2) is 4.79 Å². The van der Waals surface area contributed by atoms with Crippen LogP contribution in [0.5, 0.6) is 5.75 Å². The highest BCUT2D eigenvalue weighted by Gasteiger charge is 2.41. The minimum Gasteiger partial charge on any atom is -0.491 e. The number of amides is 1. The summed E-state index contributed by atoms with van der Waals surface area (Å²) in [5, 5.41) is 0. The lowest BCUT2D eigenvalue weighted by Crippen LogP contribution is -2.45. The van der Waals surface area contributed by atoms with E-state index in [9.17, 15) is 4.79 Å². The van der Waals surface area contributed by atoms with E-state index < -0.39 is 5.60 Å². The van der Waals surface area contributed by atoms with Gasteiger partial charge in [-0.1, -0.05) is 18.2 Å². The van der Waals surface area contributed by atoms with E-state index >= 15 is 0 Å². The monoisotopic (exact) mass is 359 g/mol. The average Bonchev–Trinajstić information content (AvgIpc) is 2.85. The summed E-state index contributed by atoms with van der Waals surface area (Å²) in [6, 6.07) is 8.54. The van der Waals surface area contributed by atoms with Crippen molar-refractivity contribution in [2.45, 2.75) is 57.7 Å². The highest BCUT2D eigenvalue weighted by Crippen LogP contribution is 2.39. The van der Waals surface area contributed by atoms with Crippen LogP contribution in [0.2, 0.25) is 0 Å². The highest BCUT2D eigenvalue weighted by atomic mass is 16.6. The fraction of sp³-hybridized carbons (Fsp3) is 0.571. The van der Waals surface area contributed by atoms with E-state index in [4.69, 9.17) is 14.2 Å². The van der Waals surface area contributed by atoms with Crippen molar-refractivity contribution in [1.29, 1.82) is 0 Å². The largest absolute Gasteiger partial charge is 0.491 e. The molecule has 1 fully saturated rings. The van der Waals surface area contributed by atoms with Gasteiger partial charge in [-0.15, -0.1) is 0 Å². The van der Waals surface area contributed by atoms with E-state index in [0.717, 1.165) is 25.0 Å². The van der Waals surface area contributed by atoms with Gasteiger partial charge in [0.2, 0.25) is 0 Å². The van der Waals surface area contributed by atoms with Crippen molar-refractivity contribution in [2.75, 3.05) is 20.3 Å². The first-order chi connectivity index (χ1) is 12.4. The van der Waals surface area contributed by atoms with E-state index in [-0.39, 0.29) is 18.2 Å². The summed E-state index contributed by atoms with van der Waals surface area (Å²) in [5.74, 6) is 0.848. The number of fused-ring (bicyclic) bond motifs is 2. The van der Waals surface area contributed by atoms with Crippen LogP contribution in [0.1, 0.15) is 45.6 Å². The second-order valence-electron chi connectivity index (χ2n) is 7.95. The standard InChI is InChI=1S/C21H29NO4/c1-21(2,3)26-20(23)22-17-7-8-18(22)14-16(13-17)15-5-9-19(10-6-15)25-12-11-24-4/h5-6,9-10,13,17-18H,7-8,11-12,14H2,1-4H3. The molecule has 5 nitrogen and oxygen atoms in total. The van der Waals surface area contributed by atoms with Crippen molar-refractivity contribution in [3.8, 4) is 5.75 Å². The number of carbonyl (C=O) groups excluding carboxylic acids is 1. The highest BCUT2D eigenvalue weighted by molar-refractivity contribution is 5.75. The lowest BCUT2D eigenvalue weighted by Gasteiger charge is -2.35.